The fourth-order valence-corrected chi connectivity index (χ4v) is 4.79. The monoisotopic (exact) mass is 426 g/mol. The summed E-state index contributed by atoms with van der Waals surface area (Å²) in [5.74, 6) is 1.24. The highest BCUT2D eigenvalue weighted by atomic mass is 32.2. The van der Waals surface area contributed by atoms with Crippen molar-refractivity contribution in [3.63, 3.8) is 0 Å². The number of likely N-dealkylation sites (tertiary alicyclic amines) is 1. The zero-order chi connectivity index (χ0) is 21.9. The van der Waals surface area contributed by atoms with E-state index in [9.17, 15) is 13.2 Å². The van der Waals surface area contributed by atoms with Gasteiger partial charge in [0, 0.05) is 65.2 Å². The number of rotatable bonds is 9. The molecule has 0 bridgehead atoms. The van der Waals surface area contributed by atoms with E-state index in [4.69, 9.17) is 0 Å². The van der Waals surface area contributed by atoms with Crippen LogP contribution in [0.5, 0.6) is 0 Å². The van der Waals surface area contributed by atoms with Crippen molar-refractivity contribution in [1.29, 1.82) is 0 Å². The molecule has 1 atom stereocenters. The van der Waals surface area contributed by atoms with Crippen LogP contribution in [-0.2, 0) is 21.5 Å². The Balaban J connectivity index is 2.33. The lowest BCUT2D eigenvalue weighted by atomic mass is 10.0. The van der Waals surface area contributed by atoms with Crippen molar-refractivity contribution < 1.29 is 13.2 Å². The summed E-state index contributed by atoms with van der Waals surface area (Å²) in [5.41, 5.74) is 0.781. The molecular formula is C19H34N6O3S. The summed E-state index contributed by atoms with van der Waals surface area (Å²) in [5, 5.41) is 0. The first kappa shape index (κ1) is 23.5. The number of carbonyl (C=O) groups is 1. The molecular weight excluding hydrogens is 392 g/mol. The van der Waals surface area contributed by atoms with Gasteiger partial charge in [-0.25, -0.2) is 9.97 Å². The predicted octanol–water partition coefficient (Wildman–Crippen LogP) is 1.29. The maximum Gasteiger partial charge on any atom is 0.282 e. The predicted molar refractivity (Wildman–Crippen MR) is 114 cm³/mol. The minimum Gasteiger partial charge on any atom is -0.363 e. The molecule has 0 aliphatic carbocycles. The molecule has 1 aliphatic rings. The number of anilines is 1. The summed E-state index contributed by atoms with van der Waals surface area (Å²) in [6, 6.07) is 2.04. The molecule has 0 radical (unpaired) electrons. The molecule has 1 fully saturated rings. The zero-order valence-electron chi connectivity index (χ0n) is 18.6. The van der Waals surface area contributed by atoms with E-state index < -0.39 is 10.2 Å². The first-order valence-electron chi connectivity index (χ1n) is 10.1. The molecule has 1 saturated heterocycles. The van der Waals surface area contributed by atoms with Crippen molar-refractivity contribution in [3.8, 4) is 0 Å². The maximum atomic E-state index is 12.8. The van der Waals surface area contributed by atoms with Gasteiger partial charge in [-0.05, 0) is 13.8 Å². The molecule has 0 spiro atoms. The molecule has 1 aromatic rings. The quantitative estimate of drug-likeness (QED) is 0.591. The SMILES string of the molecule is CCN(CC)S(=O)(=O)N(C)Cc1nc(C2CC(=O)N(C(C)C)C2)cc(N(C)C)n1. The second-order valence-corrected chi connectivity index (χ2v) is 9.89. The van der Waals surface area contributed by atoms with E-state index in [1.807, 2.05) is 57.7 Å². The Morgan fingerprint density at radius 3 is 2.28 bits per heavy atom. The lowest BCUT2D eigenvalue weighted by Gasteiger charge is -2.25. The fraction of sp³-hybridized carbons (Fsp3) is 0.737. The van der Waals surface area contributed by atoms with Crippen LogP contribution in [0.4, 0.5) is 5.82 Å². The van der Waals surface area contributed by atoms with Gasteiger partial charge in [0.15, 0.2) is 0 Å². The van der Waals surface area contributed by atoms with E-state index >= 15 is 0 Å². The number of nitrogens with zero attached hydrogens (tertiary/aromatic N) is 6. The lowest BCUT2D eigenvalue weighted by Crippen LogP contribution is -2.41. The van der Waals surface area contributed by atoms with Crippen molar-refractivity contribution in [2.24, 2.45) is 0 Å². The zero-order valence-corrected chi connectivity index (χ0v) is 19.4. The van der Waals surface area contributed by atoms with E-state index in [-0.39, 0.29) is 24.4 Å². The average Bonchev–Trinajstić information content (AvgIpc) is 3.04. The van der Waals surface area contributed by atoms with Gasteiger partial charge in [-0.15, -0.1) is 0 Å². The van der Waals surface area contributed by atoms with Crippen LogP contribution in [0.15, 0.2) is 6.07 Å². The van der Waals surface area contributed by atoms with Gasteiger partial charge >= 0.3 is 0 Å². The van der Waals surface area contributed by atoms with E-state index in [2.05, 4.69) is 9.97 Å². The number of hydrogen-bond acceptors (Lipinski definition) is 6. The number of amides is 1. The van der Waals surface area contributed by atoms with E-state index in [1.54, 1.807) is 7.05 Å². The van der Waals surface area contributed by atoms with E-state index in [1.165, 1.54) is 8.61 Å². The molecule has 0 saturated carbocycles. The Morgan fingerprint density at radius 2 is 1.79 bits per heavy atom. The van der Waals surface area contributed by atoms with Crippen LogP contribution < -0.4 is 4.90 Å². The first-order valence-corrected chi connectivity index (χ1v) is 11.5. The molecule has 1 aliphatic heterocycles. The highest BCUT2D eigenvalue weighted by Gasteiger charge is 2.34. The van der Waals surface area contributed by atoms with Gasteiger partial charge in [-0.2, -0.15) is 17.0 Å². The summed E-state index contributed by atoms with van der Waals surface area (Å²) in [6.45, 7) is 9.13. The Kier molecular flexibility index (Phi) is 7.58. The minimum atomic E-state index is -3.58. The number of carbonyl (C=O) groups excluding carboxylic acids is 1. The molecule has 29 heavy (non-hydrogen) atoms. The van der Waals surface area contributed by atoms with E-state index in [0.29, 0.717) is 37.7 Å². The van der Waals surface area contributed by atoms with Gasteiger partial charge in [0.05, 0.1) is 12.2 Å². The standard InChI is InChI=1S/C19H34N6O3S/c1-8-24(9-2)29(27,28)23(7)13-17-20-16(11-18(21-17)22(5)6)15-10-19(26)25(12-15)14(3)4/h11,14-15H,8-10,12-13H2,1-7H3. The second kappa shape index (κ2) is 9.36. The summed E-state index contributed by atoms with van der Waals surface area (Å²) < 4.78 is 28.2. The summed E-state index contributed by atoms with van der Waals surface area (Å²) >= 11 is 0. The highest BCUT2D eigenvalue weighted by molar-refractivity contribution is 7.86. The van der Waals surface area contributed by atoms with Crippen LogP contribution in [0.3, 0.4) is 0 Å². The number of aromatic nitrogens is 2. The highest BCUT2D eigenvalue weighted by Crippen LogP contribution is 2.30. The van der Waals surface area contributed by atoms with Gasteiger partial charge in [-0.1, -0.05) is 13.8 Å². The van der Waals surface area contributed by atoms with Gasteiger partial charge in [0.1, 0.15) is 11.6 Å². The summed E-state index contributed by atoms with van der Waals surface area (Å²) in [4.78, 5) is 25.2. The Hall–Kier alpha value is -1.78. The molecule has 0 N–H and O–H groups in total. The average molecular weight is 427 g/mol. The van der Waals surface area contributed by atoms with Crippen LogP contribution >= 0.6 is 0 Å². The molecule has 164 valence electrons. The Morgan fingerprint density at radius 1 is 1.17 bits per heavy atom. The van der Waals surface area contributed by atoms with Crippen molar-refractivity contribution in [2.45, 2.75) is 52.6 Å². The Bertz CT molecular complexity index is 823. The van der Waals surface area contributed by atoms with Gasteiger partial charge in [0.2, 0.25) is 5.91 Å². The van der Waals surface area contributed by atoms with Crippen LogP contribution in [0, 0.1) is 0 Å². The van der Waals surface area contributed by atoms with Crippen LogP contribution in [0.25, 0.3) is 0 Å². The molecule has 1 unspecified atom stereocenters. The second-order valence-electron chi connectivity index (χ2n) is 7.85. The van der Waals surface area contributed by atoms with Crippen molar-refractivity contribution in [1.82, 2.24) is 23.5 Å². The topological polar surface area (TPSA) is 90.0 Å². The molecule has 2 heterocycles. The first-order chi connectivity index (χ1) is 13.5. The lowest BCUT2D eigenvalue weighted by molar-refractivity contribution is -0.129. The maximum absolute atomic E-state index is 12.8. The third-order valence-electron chi connectivity index (χ3n) is 5.23. The van der Waals surface area contributed by atoms with Gasteiger partial charge < -0.3 is 9.80 Å². The molecule has 1 aromatic heterocycles. The van der Waals surface area contributed by atoms with Crippen molar-refractivity contribution in [2.75, 3.05) is 45.7 Å². The summed E-state index contributed by atoms with van der Waals surface area (Å²) in [6.07, 6.45) is 0.412. The summed E-state index contributed by atoms with van der Waals surface area (Å²) in [7, 11) is 1.72. The van der Waals surface area contributed by atoms with E-state index in [0.717, 1.165) is 5.69 Å². The molecule has 2 rings (SSSR count). The Labute approximate surface area is 174 Å². The van der Waals surface area contributed by atoms with Crippen LogP contribution in [-0.4, -0.2) is 84.6 Å². The van der Waals surface area contributed by atoms with Gasteiger partial charge in [0.25, 0.3) is 10.2 Å². The van der Waals surface area contributed by atoms with Crippen LogP contribution in [0.2, 0.25) is 0 Å². The minimum absolute atomic E-state index is 0.0185. The normalized spacial score (nSPS) is 17.8. The van der Waals surface area contributed by atoms with Crippen LogP contribution in [0.1, 0.15) is 51.6 Å². The largest absolute Gasteiger partial charge is 0.363 e. The molecule has 10 heteroatoms. The smallest absolute Gasteiger partial charge is 0.282 e. The molecule has 9 nitrogen and oxygen atoms in total. The fourth-order valence-electron chi connectivity index (χ4n) is 3.47. The van der Waals surface area contributed by atoms with Gasteiger partial charge in [-0.3, -0.25) is 4.79 Å². The third kappa shape index (κ3) is 5.23. The molecule has 0 aromatic carbocycles. The number of hydrogen-bond donors (Lipinski definition) is 0. The molecule has 1 amide bonds. The van der Waals surface area contributed by atoms with Crippen molar-refractivity contribution in [3.05, 3.63) is 17.6 Å². The third-order valence-corrected chi connectivity index (χ3v) is 7.31. The van der Waals surface area contributed by atoms with Crippen molar-refractivity contribution >= 4 is 21.9 Å².